The van der Waals surface area contributed by atoms with Gasteiger partial charge in [-0.1, -0.05) is 0 Å². The highest BCUT2D eigenvalue weighted by atomic mass is 32.2. The van der Waals surface area contributed by atoms with Gasteiger partial charge in [0.25, 0.3) is 0 Å². The number of carboxylic acids is 1. The first-order valence-corrected chi connectivity index (χ1v) is 10.9. The van der Waals surface area contributed by atoms with E-state index in [1.165, 1.54) is 18.7 Å². The summed E-state index contributed by atoms with van der Waals surface area (Å²) < 4.78 is 0. The second-order valence-electron chi connectivity index (χ2n) is 6.43. The molecule has 0 aliphatic carbocycles. The maximum absolute atomic E-state index is 12.5. The number of carboxylic acid groups (broad SMARTS) is 1. The number of rotatable bonds is 14. The number of aliphatic hydroxyl groups is 1. The lowest BCUT2D eigenvalue weighted by Crippen LogP contribution is -2.60. The molecule has 0 saturated heterocycles. The Morgan fingerprint density at radius 1 is 1.03 bits per heavy atom. The van der Waals surface area contributed by atoms with Crippen molar-refractivity contribution in [1.82, 2.24) is 16.0 Å². The van der Waals surface area contributed by atoms with Gasteiger partial charge in [-0.3, -0.25) is 19.2 Å². The number of hydrogen-bond donors (Lipinski definition) is 8. The molecule has 0 fully saturated rings. The first kappa shape index (κ1) is 28.0. The molecule has 0 aromatic heterocycles. The number of hydrogen-bond acceptors (Lipinski definition) is 9. The number of primary amides is 1. The quantitative estimate of drug-likeness (QED) is 0.120. The number of thioether (sulfide) groups is 1. The van der Waals surface area contributed by atoms with Gasteiger partial charge in [0.2, 0.25) is 23.6 Å². The predicted molar refractivity (Wildman–Crippen MR) is 114 cm³/mol. The van der Waals surface area contributed by atoms with Crippen LogP contribution in [0.3, 0.4) is 0 Å². The molecule has 0 bridgehead atoms. The molecule has 0 heterocycles. The van der Waals surface area contributed by atoms with Crippen LogP contribution in [0.1, 0.15) is 19.8 Å². The summed E-state index contributed by atoms with van der Waals surface area (Å²) in [5.41, 5.74) is 10.6. The summed E-state index contributed by atoms with van der Waals surface area (Å²) >= 11 is 5.25. The Labute approximate surface area is 183 Å². The standard InChI is InChI=1S/C16H29N5O7S2/c1-7(22)12(21-13(24)8(17)6-29)15(26)20-10(5-11(18)23)14(25)19-9(16(27)28)3-4-30-2/h7-10,12,22,29H,3-6,17H2,1-2H3,(H2,18,23)(H,19,25)(H,20,26)(H,21,24)(H,27,28). The number of nitrogens with two attached hydrogens (primary N) is 2. The van der Waals surface area contributed by atoms with Gasteiger partial charge in [0.15, 0.2) is 0 Å². The van der Waals surface area contributed by atoms with Gasteiger partial charge in [0.1, 0.15) is 18.1 Å². The van der Waals surface area contributed by atoms with Gasteiger partial charge in [0.05, 0.1) is 18.6 Å². The molecular formula is C16H29N5O7S2. The number of carbonyl (C=O) groups excluding carboxylic acids is 4. The Bertz CT molecular complexity index is 635. The smallest absolute Gasteiger partial charge is 0.326 e. The maximum Gasteiger partial charge on any atom is 0.326 e. The van der Waals surface area contributed by atoms with E-state index < -0.39 is 66.3 Å². The molecule has 0 aromatic carbocycles. The van der Waals surface area contributed by atoms with Gasteiger partial charge >= 0.3 is 5.97 Å². The van der Waals surface area contributed by atoms with Crippen molar-refractivity contribution in [2.75, 3.05) is 17.8 Å². The molecule has 0 aromatic rings. The van der Waals surface area contributed by atoms with Crippen LogP contribution < -0.4 is 27.4 Å². The van der Waals surface area contributed by atoms with Crippen LogP contribution in [0.5, 0.6) is 0 Å². The van der Waals surface area contributed by atoms with Crippen LogP contribution in [-0.2, 0) is 24.0 Å². The predicted octanol–water partition coefficient (Wildman–Crippen LogP) is -3.21. The topological polar surface area (TPSA) is 214 Å². The summed E-state index contributed by atoms with van der Waals surface area (Å²) in [6.07, 6.45) is -0.107. The highest BCUT2D eigenvalue weighted by Gasteiger charge is 2.32. The minimum Gasteiger partial charge on any atom is -0.480 e. The van der Waals surface area contributed by atoms with Crippen molar-refractivity contribution >= 4 is 54.0 Å². The number of aliphatic carboxylic acids is 1. The fourth-order valence-corrected chi connectivity index (χ4v) is 2.82. The molecule has 0 saturated carbocycles. The number of aliphatic hydroxyl groups excluding tert-OH is 1. The zero-order chi connectivity index (χ0) is 23.4. The van der Waals surface area contributed by atoms with Crippen molar-refractivity contribution < 1.29 is 34.2 Å². The third-order valence-corrected chi connectivity index (χ3v) is 4.90. The third-order valence-electron chi connectivity index (χ3n) is 3.86. The summed E-state index contributed by atoms with van der Waals surface area (Å²) in [4.78, 5) is 59.6. The average Bonchev–Trinajstić information content (AvgIpc) is 2.66. The SMILES string of the molecule is CSCCC(NC(=O)C(CC(N)=O)NC(=O)C(NC(=O)C(N)CS)C(C)O)C(=O)O. The number of carbonyl (C=O) groups is 5. The molecular weight excluding hydrogens is 438 g/mol. The van der Waals surface area contributed by atoms with E-state index in [1.807, 2.05) is 0 Å². The second-order valence-corrected chi connectivity index (χ2v) is 7.78. The number of amides is 4. The lowest BCUT2D eigenvalue weighted by Gasteiger charge is -2.25. The molecule has 9 N–H and O–H groups in total. The summed E-state index contributed by atoms with van der Waals surface area (Å²) in [5.74, 6) is -4.46. The molecule has 0 aliphatic heterocycles. The second kappa shape index (κ2) is 14.1. The largest absolute Gasteiger partial charge is 0.480 e. The van der Waals surface area contributed by atoms with E-state index in [2.05, 4.69) is 28.6 Å². The Balaban J connectivity index is 5.38. The fourth-order valence-electron chi connectivity index (χ4n) is 2.19. The van der Waals surface area contributed by atoms with Gasteiger partial charge < -0.3 is 37.6 Å². The van der Waals surface area contributed by atoms with Crippen LogP contribution in [0.4, 0.5) is 0 Å². The van der Waals surface area contributed by atoms with Gasteiger partial charge in [-0.25, -0.2) is 4.79 Å². The van der Waals surface area contributed by atoms with Gasteiger partial charge in [-0.2, -0.15) is 24.4 Å². The van der Waals surface area contributed by atoms with Crippen LogP contribution in [0, 0.1) is 0 Å². The van der Waals surface area contributed by atoms with E-state index in [1.54, 1.807) is 6.26 Å². The third kappa shape index (κ3) is 10.1. The van der Waals surface area contributed by atoms with Crippen molar-refractivity contribution in [3.8, 4) is 0 Å². The molecule has 5 unspecified atom stereocenters. The van der Waals surface area contributed by atoms with Crippen LogP contribution in [0.2, 0.25) is 0 Å². The molecule has 5 atom stereocenters. The zero-order valence-corrected chi connectivity index (χ0v) is 18.4. The highest BCUT2D eigenvalue weighted by Crippen LogP contribution is 2.04. The molecule has 12 nitrogen and oxygen atoms in total. The van der Waals surface area contributed by atoms with Crippen molar-refractivity contribution in [3.05, 3.63) is 0 Å². The fraction of sp³-hybridized carbons (Fsp3) is 0.688. The van der Waals surface area contributed by atoms with E-state index in [4.69, 9.17) is 11.5 Å². The van der Waals surface area contributed by atoms with Crippen molar-refractivity contribution in [3.63, 3.8) is 0 Å². The normalized spacial score (nSPS) is 15.8. The summed E-state index contributed by atoms with van der Waals surface area (Å²) in [6, 6.07) is -5.28. The Morgan fingerprint density at radius 2 is 1.60 bits per heavy atom. The van der Waals surface area contributed by atoms with E-state index in [9.17, 15) is 34.2 Å². The van der Waals surface area contributed by atoms with Crippen LogP contribution in [0.25, 0.3) is 0 Å². The number of nitrogens with one attached hydrogen (secondary N) is 3. The van der Waals surface area contributed by atoms with Crippen LogP contribution in [0.15, 0.2) is 0 Å². The lowest BCUT2D eigenvalue weighted by molar-refractivity contribution is -0.142. The zero-order valence-electron chi connectivity index (χ0n) is 16.7. The van der Waals surface area contributed by atoms with Crippen molar-refractivity contribution in [1.29, 1.82) is 0 Å². The number of thiol groups is 1. The van der Waals surface area contributed by atoms with Crippen molar-refractivity contribution in [2.45, 2.75) is 50.0 Å². The van der Waals surface area contributed by atoms with E-state index in [0.29, 0.717) is 5.75 Å². The minimum absolute atomic E-state index is 0.0146. The Morgan fingerprint density at radius 3 is 2.03 bits per heavy atom. The van der Waals surface area contributed by atoms with E-state index in [-0.39, 0.29) is 12.2 Å². The molecule has 30 heavy (non-hydrogen) atoms. The van der Waals surface area contributed by atoms with Crippen molar-refractivity contribution in [2.24, 2.45) is 11.5 Å². The summed E-state index contributed by atoms with van der Waals surface area (Å²) in [5, 5.41) is 25.7. The highest BCUT2D eigenvalue weighted by molar-refractivity contribution is 7.98. The Hall–Kier alpha value is -2.03. The molecule has 172 valence electrons. The summed E-state index contributed by atoms with van der Waals surface area (Å²) in [7, 11) is 0. The molecule has 0 spiro atoms. The minimum atomic E-state index is -1.51. The first-order valence-electron chi connectivity index (χ1n) is 8.90. The van der Waals surface area contributed by atoms with Crippen LogP contribution >= 0.6 is 24.4 Å². The first-order chi connectivity index (χ1) is 13.9. The maximum atomic E-state index is 12.5. The van der Waals surface area contributed by atoms with Crippen LogP contribution in [-0.4, -0.2) is 87.8 Å². The van der Waals surface area contributed by atoms with E-state index >= 15 is 0 Å². The molecule has 4 amide bonds. The molecule has 14 heteroatoms. The van der Waals surface area contributed by atoms with Gasteiger partial charge in [-0.05, 0) is 25.4 Å². The summed E-state index contributed by atoms with van der Waals surface area (Å²) in [6.45, 7) is 1.22. The van der Waals surface area contributed by atoms with Gasteiger partial charge in [0, 0.05) is 5.75 Å². The average molecular weight is 468 g/mol. The molecule has 0 rings (SSSR count). The lowest BCUT2D eigenvalue weighted by atomic mass is 10.1. The molecule has 0 radical (unpaired) electrons. The van der Waals surface area contributed by atoms with Gasteiger partial charge in [-0.15, -0.1) is 0 Å². The molecule has 0 aliphatic rings. The van der Waals surface area contributed by atoms with E-state index in [0.717, 1.165) is 0 Å². The monoisotopic (exact) mass is 467 g/mol. The Kier molecular flexibility index (Phi) is 13.1.